The van der Waals surface area contributed by atoms with Crippen LogP contribution < -0.4 is 10.6 Å². The van der Waals surface area contributed by atoms with Gasteiger partial charge in [-0.1, -0.05) is 18.9 Å². The number of hydrogen-bond acceptors (Lipinski definition) is 6. The van der Waals surface area contributed by atoms with E-state index in [1.807, 2.05) is 18.2 Å². The van der Waals surface area contributed by atoms with Gasteiger partial charge in [0.15, 0.2) is 0 Å². The van der Waals surface area contributed by atoms with Crippen LogP contribution in [0.3, 0.4) is 0 Å². The van der Waals surface area contributed by atoms with E-state index in [2.05, 4.69) is 11.8 Å². The Kier molecular flexibility index (Phi) is 5.99. The van der Waals surface area contributed by atoms with Crippen molar-refractivity contribution in [2.45, 2.75) is 51.0 Å². The number of rotatable bonds is 7. The standard InChI is InChI=1S/C20H30N2O4S/c1-3-22(16-8-10-27(24,25)11-9-16)19-7-6-15(13-18(19)21)17(20(23)26-2)12-14-4-5-14/h6-7,13-14,16-17H,3-5,8-12,21H2,1-2H3. The quantitative estimate of drug-likeness (QED) is 0.565. The molecule has 0 aromatic heterocycles. The second-order valence-corrected chi connectivity index (χ2v) is 10.0. The SMILES string of the molecule is CCN(c1ccc(C(CC2CC2)C(=O)OC)cc1N)C1CCS(=O)(=O)CC1. The molecular formula is C20H30N2O4S. The van der Waals surface area contributed by atoms with Gasteiger partial charge in [0.1, 0.15) is 9.84 Å². The summed E-state index contributed by atoms with van der Waals surface area (Å²) in [6.45, 7) is 2.82. The molecule has 1 aliphatic heterocycles. The smallest absolute Gasteiger partial charge is 0.313 e. The highest BCUT2D eigenvalue weighted by molar-refractivity contribution is 7.91. The number of sulfone groups is 1. The van der Waals surface area contributed by atoms with Gasteiger partial charge in [-0.15, -0.1) is 0 Å². The Morgan fingerprint density at radius 3 is 2.44 bits per heavy atom. The van der Waals surface area contributed by atoms with E-state index in [4.69, 9.17) is 10.5 Å². The lowest BCUT2D eigenvalue weighted by molar-refractivity contribution is -0.142. The molecule has 150 valence electrons. The molecule has 3 rings (SSSR count). The lowest BCUT2D eigenvalue weighted by atomic mass is 9.92. The predicted molar refractivity (Wildman–Crippen MR) is 108 cm³/mol. The van der Waals surface area contributed by atoms with Crippen molar-refractivity contribution in [3.63, 3.8) is 0 Å². The van der Waals surface area contributed by atoms with Gasteiger partial charge >= 0.3 is 5.97 Å². The fourth-order valence-electron chi connectivity index (χ4n) is 4.06. The van der Waals surface area contributed by atoms with E-state index in [0.717, 1.165) is 24.2 Å². The van der Waals surface area contributed by atoms with Gasteiger partial charge < -0.3 is 15.4 Å². The number of esters is 1. The summed E-state index contributed by atoms with van der Waals surface area (Å²) >= 11 is 0. The van der Waals surface area contributed by atoms with Gasteiger partial charge in [0, 0.05) is 12.6 Å². The van der Waals surface area contributed by atoms with E-state index in [1.165, 1.54) is 20.0 Å². The van der Waals surface area contributed by atoms with Crippen LogP contribution in [0.1, 0.15) is 50.5 Å². The predicted octanol–water partition coefficient (Wildman–Crippen LogP) is 2.73. The highest BCUT2D eigenvalue weighted by atomic mass is 32.2. The number of methoxy groups -OCH3 is 1. The lowest BCUT2D eigenvalue weighted by Crippen LogP contribution is -2.41. The summed E-state index contributed by atoms with van der Waals surface area (Å²) in [7, 11) is -1.47. The molecule has 0 radical (unpaired) electrons. The summed E-state index contributed by atoms with van der Waals surface area (Å²) in [6, 6.07) is 6.01. The van der Waals surface area contributed by atoms with E-state index >= 15 is 0 Å². The van der Waals surface area contributed by atoms with Crippen LogP contribution in [0.15, 0.2) is 18.2 Å². The van der Waals surface area contributed by atoms with Gasteiger partial charge in [-0.25, -0.2) is 8.42 Å². The van der Waals surface area contributed by atoms with Gasteiger partial charge in [0.05, 0.1) is 35.9 Å². The molecule has 0 amide bonds. The molecule has 27 heavy (non-hydrogen) atoms. The molecule has 1 unspecified atom stereocenters. The van der Waals surface area contributed by atoms with Crippen LogP contribution in [0, 0.1) is 5.92 Å². The van der Waals surface area contributed by atoms with Crippen LogP contribution in [0.4, 0.5) is 11.4 Å². The molecule has 7 heteroatoms. The first kappa shape index (κ1) is 20.0. The third-order valence-corrected chi connectivity index (χ3v) is 7.54. The maximum absolute atomic E-state index is 12.2. The first-order valence-corrected chi connectivity index (χ1v) is 11.6. The third-order valence-electron chi connectivity index (χ3n) is 5.82. The topological polar surface area (TPSA) is 89.7 Å². The molecule has 1 aromatic carbocycles. The normalized spacial score (nSPS) is 20.8. The first-order chi connectivity index (χ1) is 12.8. The van der Waals surface area contributed by atoms with E-state index in [9.17, 15) is 13.2 Å². The number of anilines is 2. The zero-order valence-corrected chi connectivity index (χ0v) is 17.0. The minimum absolute atomic E-state index is 0.176. The fourth-order valence-corrected chi connectivity index (χ4v) is 5.53. The van der Waals surface area contributed by atoms with Crippen LogP contribution >= 0.6 is 0 Å². The Bertz CT molecular complexity index is 775. The van der Waals surface area contributed by atoms with Gasteiger partial charge in [-0.05, 0) is 49.8 Å². The number of carbonyl (C=O) groups excluding carboxylic acids is 1. The van der Waals surface area contributed by atoms with Crippen molar-refractivity contribution < 1.29 is 17.9 Å². The Morgan fingerprint density at radius 1 is 1.26 bits per heavy atom. The van der Waals surface area contributed by atoms with Gasteiger partial charge in [-0.2, -0.15) is 0 Å². The lowest BCUT2D eigenvalue weighted by Gasteiger charge is -2.36. The van der Waals surface area contributed by atoms with E-state index in [-0.39, 0.29) is 29.4 Å². The molecule has 1 heterocycles. The molecule has 2 N–H and O–H groups in total. The van der Waals surface area contributed by atoms with Gasteiger partial charge in [0.2, 0.25) is 0 Å². The molecular weight excluding hydrogens is 364 g/mol. The Labute approximate surface area is 162 Å². The summed E-state index contributed by atoms with van der Waals surface area (Å²) in [5.41, 5.74) is 8.82. The van der Waals surface area contributed by atoms with Crippen molar-refractivity contribution in [3.05, 3.63) is 23.8 Å². The van der Waals surface area contributed by atoms with Crippen molar-refractivity contribution >= 4 is 27.2 Å². The summed E-state index contributed by atoms with van der Waals surface area (Å²) in [4.78, 5) is 14.4. The van der Waals surface area contributed by atoms with Crippen molar-refractivity contribution in [2.24, 2.45) is 5.92 Å². The molecule has 1 atom stereocenters. The van der Waals surface area contributed by atoms with Crippen LogP contribution in [0.5, 0.6) is 0 Å². The molecule has 1 saturated heterocycles. The van der Waals surface area contributed by atoms with Crippen LogP contribution in [-0.2, 0) is 19.4 Å². The van der Waals surface area contributed by atoms with Crippen molar-refractivity contribution in [1.29, 1.82) is 0 Å². The van der Waals surface area contributed by atoms with E-state index < -0.39 is 9.84 Å². The molecule has 1 aliphatic carbocycles. The molecule has 1 saturated carbocycles. The molecule has 6 nitrogen and oxygen atoms in total. The number of ether oxygens (including phenoxy) is 1. The van der Waals surface area contributed by atoms with Crippen LogP contribution in [0.25, 0.3) is 0 Å². The number of nitrogens with two attached hydrogens (primary N) is 1. The maximum atomic E-state index is 12.2. The average Bonchev–Trinajstić information content (AvgIpc) is 3.46. The number of carbonyl (C=O) groups is 1. The molecule has 2 aliphatic rings. The van der Waals surface area contributed by atoms with Crippen LogP contribution in [0.2, 0.25) is 0 Å². The highest BCUT2D eigenvalue weighted by Crippen LogP contribution is 2.40. The molecule has 0 bridgehead atoms. The first-order valence-electron chi connectivity index (χ1n) is 9.79. The third kappa shape index (κ3) is 4.75. The van der Waals surface area contributed by atoms with Crippen molar-refractivity contribution in [2.75, 3.05) is 35.8 Å². The van der Waals surface area contributed by atoms with Gasteiger partial charge in [0.25, 0.3) is 0 Å². The monoisotopic (exact) mass is 394 g/mol. The number of nitrogen functional groups attached to an aromatic ring is 1. The Morgan fingerprint density at radius 2 is 1.93 bits per heavy atom. The number of nitrogens with zero attached hydrogens (tertiary/aromatic N) is 1. The molecule has 0 spiro atoms. The second-order valence-electron chi connectivity index (χ2n) is 7.74. The summed E-state index contributed by atoms with van der Waals surface area (Å²) < 4.78 is 28.5. The van der Waals surface area contributed by atoms with Gasteiger partial charge in [-0.3, -0.25) is 4.79 Å². The Hall–Kier alpha value is -1.76. The summed E-state index contributed by atoms with van der Waals surface area (Å²) in [6.07, 6.45) is 4.42. The summed E-state index contributed by atoms with van der Waals surface area (Å²) in [5, 5.41) is 0. The highest BCUT2D eigenvalue weighted by Gasteiger charge is 2.32. The average molecular weight is 395 g/mol. The largest absolute Gasteiger partial charge is 0.469 e. The zero-order valence-electron chi connectivity index (χ0n) is 16.2. The second kappa shape index (κ2) is 8.09. The van der Waals surface area contributed by atoms with E-state index in [1.54, 1.807) is 0 Å². The minimum atomic E-state index is -2.90. The Balaban J connectivity index is 1.80. The zero-order chi connectivity index (χ0) is 19.6. The molecule has 1 aromatic rings. The number of hydrogen-bond donors (Lipinski definition) is 1. The van der Waals surface area contributed by atoms with E-state index in [0.29, 0.717) is 24.4 Å². The number of benzene rings is 1. The minimum Gasteiger partial charge on any atom is -0.469 e. The molecule has 2 fully saturated rings. The fraction of sp³-hybridized carbons (Fsp3) is 0.650. The van der Waals surface area contributed by atoms with Crippen molar-refractivity contribution in [1.82, 2.24) is 0 Å². The maximum Gasteiger partial charge on any atom is 0.313 e. The van der Waals surface area contributed by atoms with Crippen LogP contribution in [-0.4, -0.2) is 45.6 Å². The van der Waals surface area contributed by atoms with Crippen molar-refractivity contribution in [3.8, 4) is 0 Å². The summed E-state index contributed by atoms with van der Waals surface area (Å²) in [5.74, 6) is 0.592.